The van der Waals surface area contributed by atoms with Crippen molar-refractivity contribution in [2.24, 2.45) is 0 Å². The van der Waals surface area contributed by atoms with Gasteiger partial charge in [-0.2, -0.15) is 0 Å². The number of carboxylic acid groups (broad SMARTS) is 1. The molecule has 6 nitrogen and oxygen atoms in total. The Morgan fingerprint density at radius 3 is 2.43 bits per heavy atom. The number of benzene rings is 1. The minimum absolute atomic E-state index is 0.00937. The number of hydrogen-bond acceptors (Lipinski definition) is 3. The van der Waals surface area contributed by atoms with Crippen LogP contribution in [0.15, 0.2) is 16.6 Å². The highest BCUT2D eigenvalue weighted by molar-refractivity contribution is 9.10. The normalized spacial score (nSPS) is 21.4. The van der Waals surface area contributed by atoms with E-state index in [1.54, 1.807) is 12.1 Å². The molecule has 1 aliphatic heterocycles. The highest BCUT2D eigenvalue weighted by Crippen LogP contribution is 2.34. The van der Waals surface area contributed by atoms with Crippen LogP contribution in [0, 0.1) is 0 Å². The molecule has 2 atom stereocenters. The van der Waals surface area contributed by atoms with Gasteiger partial charge in [-0.15, -0.1) is 0 Å². The molecule has 0 spiro atoms. The highest BCUT2D eigenvalue weighted by atomic mass is 79.9. The topological polar surface area (TPSA) is 89.9 Å². The predicted molar refractivity (Wildman–Crippen MR) is 81.9 cm³/mol. The number of anilines is 1. The van der Waals surface area contributed by atoms with Crippen molar-refractivity contribution in [1.29, 1.82) is 0 Å². The molecule has 0 saturated carbocycles. The Morgan fingerprint density at radius 2 is 1.90 bits per heavy atom. The first-order valence-electron chi connectivity index (χ1n) is 5.92. The first-order valence-corrected chi connectivity index (χ1v) is 7.47. The van der Waals surface area contributed by atoms with E-state index in [-0.39, 0.29) is 28.7 Å². The Hall–Kier alpha value is -1.02. The van der Waals surface area contributed by atoms with Crippen LogP contribution in [0.1, 0.15) is 6.42 Å². The predicted octanol–water partition coefficient (Wildman–Crippen LogP) is 2.81. The fraction of sp³-hybridized carbons (Fsp3) is 0.333. The van der Waals surface area contributed by atoms with Gasteiger partial charge in [-0.1, -0.05) is 39.1 Å². The SMILES string of the molecule is O=C(O)[C@H]1C[C@@H](O)CN1C(=O)Nc1c(Cl)cc(Br)cc1Cl. The number of nitrogens with zero attached hydrogens (tertiary/aromatic N) is 1. The summed E-state index contributed by atoms with van der Waals surface area (Å²) < 4.78 is 0.649. The first-order chi connectivity index (χ1) is 9.79. The average Bonchev–Trinajstić information content (AvgIpc) is 2.76. The van der Waals surface area contributed by atoms with Gasteiger partial charge in [0.05, 0.1) is 21.8 Å². The zero-order valence-electron chi connectivity index (χ0n) is 10.5. The third-order valence-electron chi connectivity index (χ3n) is 3.06. The zero-order valence-corrected chi connectivity index (χ0v) is 13.6. The van der Waals surface area contributed by atoms with Crippen molar-refractivity contribution >= 4 is 56.8 Å². The summed E-state index contributed by atoms with van der Waals surface area (Å²) >= 11 is 15.2. The quantitative estimate of drug-likeness (QED) is 0.715. The summed E-state index contributed by atoms with van der Waals surface area (Å²) in [6, 6.07) is 1.35. The van der Waals surface area contributed by atoms with Gasteiger partial charge in [-0.3, -0.25) is 0 Å². The Morgan fingerprint density at radius 1 is 1.33 bits per heavy atom. The first kappa shape index (κ1) is 16.4. The van der Waals surface area contributed by atoms with E-state index in [0.717, 1.165) is 4.90 Å². The smallest absolute Gasteiger partial charge is 0.326 e. The van der Waals surface area contributed by atoms with Crippen LogP contribution >= 0.6 is 39.1 Å². The van der Waals surface area contributed by atoms with Gasteiger partial charge >= 0.3 is 12.0 Å². The van der Waals surface area contributed by atoms with Gasteiger partial charge in [0.2, 0.25) is 0 Å². The number of carbonyl (C=O) groups is 2. The molecule has 114 valence electrons. The zero-order chi connectivity index (χ0) is 15.7. The van der Waals surface area contributed by atoms with E-state index in [2.05, 4.69) is 21.2 Å². The van der Waals surface area contributed by atoms with Crippen molar-refractivity contribution in [2.45, 2.75) is 18.6 Å². The van der Waals surface area contributed by atoms with Crippen LogP contribution in [-0.2, 0) is 4.79 Å². The number of aliphatic hydroxyl groups is 1. The summed E-state index contributed by atoms with van der Waals surface area (Å²) in [6.45, 7) is -0.0609. The van der Waals surface area contributed by atoms with Crippen LogP contribution in [0.4, 0.5) is 10.5 Å². The van der Waals surface area contributed by atoms with Crippen molar-refractivity contribution in [3.05, 3.63) is 26.7 Å². The number of hydrogen-bond donors (Lipinski definition) is 3. The molecule has 0 aromatic heterocycles. The van der Waals surface area contributed by atoms with Gasteiger partial charge in [0.15, 0.2) is 0 Å². The molecule has 3 N–H and O–H groups in total. The Kier molecular flexibility index (Phi) is 4.98. The summed E-state index contributed by atoms with van der Waals surface area (Å²) in [5, 5.41) is 21.5. The number of urea groups is 1. The average molecular weight is 398 g/mol. The standard InChI is InChI=1S/C12H11BrCl2N2O4/c13-5-1-7(14)10(8(15)2-5)16-12(21)17-4-6(18)3-9(17)11(19)20/h1-2,6,9,18H,3-4H2,(H,16,21)(H,19,20)/t6-,9-/m1/s1. The molecule has 2 amide bonds. The largest absolute Gasteiger partial charge is 0.480 e. The Bertz CT molecular complexity index is 576. The number of carboxylic acids is 1. The number of rotatable bonds is 2. The molecule has 0 unspecified atom stereocenters. The van der Waals surface area contributed by atoms with Gasteiger partial charge in [-0.25, -0.2) is 9.59 Å². The molecule has 21 heavy (non-hydrogen) atoms. The van der Waals surface area contributed by atoms with Crippen molar-refractivity contribution in [3.8, 4) is 0 Å². The Labute approximate surface area is 138 Å². The number of likely N-dealkylation sites (tertiary alicyclic amines) is 1. The number of carbonyl (C=O) groups excluding carboxylic acids is 1. The number of halogens is 3. The van der Waals surface area contributed by atoms with Crippen LogP contribution in [0.2, 0.25) is 10.0 Å². The fourth-order valence-electron chi connectivity index (χ4n) is 2.11. The molecule has 1 aromatic carbocycles. The molecule has 0 aliphatic carbocycles. The molecule has 9 heteroatoms. The minimum Gasteiger partial charge on any atom is -0.480 e. The summed E-state index contributed by atoms with van der Waals surface area (Å²) in [4.78, 5) is 24.3. The highest BCUT2D eigenvalue weighted by Gasteiger charge is 2.39. The van der Waals surface area contributed by atoms with Crippen molar-refractivity contribution in [2.75, 3.05) is 11.9 Å². The molecular weight excluding hydrogens is 387 g/mol. The molecule has 0 bridgehead atoms. The maximum Gasteiger partial charge on any atom is 0.326 e. The summed E-state index contributed by atoms with van der Waals surface area (Å²) in [5.41, 5.74) is 0.192. The van der Waals surface area contributed by atoms with Gasteiger partial charge in [0.1, 0.15) is 6.04 Å². The van der Waals surface area contributed by atoms with E-state index >= 15 is 0 Å². The molecule has 1 aromatic rings. The Balaban J connectivity index is 2.20. The monoisotopic (exact) mass is 396 g/mol. The molecule has 2 rings (SSSR count). The second kappa shape index (κ2) is 6.39. The second-order valence-corrected chi connectivity index (χ2v) is 6.30. The van der Waals surface area contributed by atoms with E-state index in [1.807, 2.05) is 0 Å². The number of aliphatic hydroxyl groups excluding tert-OH is 1. The minimum atomic E-state index is -1.17. The van der Waals surface area contributed by atoms with Crippen molar-refractivity contribution < 1.29 is 19.8 Å². The van der Waals surface area contributed by atoms with E-state index in [0.29, 0.717) is 4.47 Å². The lowest BCUT2D eigenvalue weighted by Crippen LogP contribution is -2.43. The third-order valence-corrected chi connectivity index (χ3v) is 4.12. The molecule has 1 fully saturated rings. The van der Waals surface area contributed by atoms with Crippen LogP contribution < -0.4 is 5.32 Å². The van der Waals surface area contributed by atoms with Gasteiger partial charge < -0.3 is 20.4 Å². The molecule has 0 radical (unpaired) electrons. The molecular formula is C12H11BrCl2N2O4. The number of nitrogens with one attached hydrogen (secondary N) is 1. The van der Waals surface area contributed by atoms with Gasteiger partial charge in [0, 0.05) is 17.4 Å². The summed E-state index contributed by atoms with van der Waals surface area (Å²) in [7, 11) is 0. The lowest BCUT2D eigenvalue weighted by atomic mass is 10.2. The fourth-order valence-corrected chi connectivity index (χ4v) is 3.42. The van der Waals surface area contributed by atoms with Crippen LogP contribution in [0.3, 0.4) is 0 Å². The lowest BCUT2D eigenvalue weighted by molar-refractivity contribution is -0.141. The molecule has 1 saturated heterocycles. The van der Waals surface area contributed by atoms with Gasteiger partial charge in [0.25, 0.3) is 0 Å². The second-order valence-electron chi connectivity index (χ2n) is 4.57. The van der Waals surface area contributed by atoms with Crippen LogP contribution in [0.5, 0.6) is 0 Å². The van der Waals surface area contributed by atoms with Crippen molar-refractivity contribution in [3.63, 3.8) is 0 Å². The lowest BCUT2D eigenvalue weighted by Gasteiger charge is -2.22. The number of amides is 2. The maximum absolute atomic E-state index is 12.2. The van der Waals surface area contributed by atoms with Crippen molar-refractivity contribution in [1.82, 2.24) is 4.90 Å². The van der Waals surface area contributed by atoms with Crippen LogP contribution in [0.25, 0.3) is 0 Å². The van der Waals surface area contributed by atoms with E-state index in [9.17, 15) is 14.7 Å². The number of β-amino-alcohol motifs (C(OH)–C–C–N with tert-alkyl or cyclic N) is 1. The number of aliphatic carboxylic acids is 1. The van der Waals surface area contributed by atoms with E-state index in [4.69, 9.17) is 28.3 Å². The van der Waals surface area contributed by atoms with E-state index < -0.39 is 24.1 Å². The molecule has 1 heterocycles. The summed E-state index contributed by atoms with van der Waals surface area (Å²) in [6.07, 6.45) is -0.877. The molecule has 1 aliphatic rings. The van der Waals surface area contributed by atoms with E-state index in [1.165, 1.54) is 0 Å². The van der Waals surface area contributed by atoms with Gasteiger partial charge in [-0.05, 0) is 12.1 Å². The van der Waals surface area contributed by atoms with Crippen LogP contribution in [-0.4, -0.2) is 45.8 Å². The summed E-state index contributed by atoms with van der Waals surface area (Å²) in [5.74, 6) is -1.17. The third kappa shape index (κ3) is 3.60. The maximum atomic E-state index is 12.2.